The summed E-state index contributed by atoms with van der Waals surface area (Å²) < 4.78 is 1.99. The number of aromatic nitrogens is 3. The summed E-state index contributed by atoms with van der Waals surface area (Å²) in [5, 5.41) is 8.20. The third-order valence-electron chi connectivity index (χ3n) is 3.08. The lowest BCUT2D eigenvalue weighted by atomic mass is 9.95. The summed E-state index contributed by atoms with van der Waals surface area (Å²) in [4.78, 5) is 0.342. The Hall–Kier alpha value is -0.970. The van der Waals surface area contributed by atoms with Crippen molar-refractivity contribution >= 4 is 17.2 Å². The SMILES string of the molecule is Cc1c(C(N)=S)nnn1C1CCCCC1. The van der Waals surface area contributed by atoms with Crippen molar-refractivity contribution in [3.8, 4) is 0 Å². The molecule has 2 rings (SSSR count). The number of thiocarbonyl (C=S) groups is 1. The van der Waals surface area contributed by atoms with Crippen LogP contribution >= 0.6 is 12.2 Å². The Kier molecular flexibility index (Phi) is 3.00. The molecule has 5 heteroatoms. The molecule has 1 saturated carbocycles. The molecule has 1 aliphatic carbocycles. The molecule has 1 aromatic rings. The van der Waals surface area contributed by atoms with Gasteiger partial charge in [0.25, 0.3) is 0 Å². The summed E-state index contributed by atoms with van der Waals surface area (Å²) in [6.45, 7) is 1.99. The Morgan fingerprint density at radius 2 is 2.07 bits per heavy atom. The van der Waals surface area contributed by atoms with E-state index in [9.17, 15) is 0 Å². The van der Waals surface area contributed by atoms with E-state index in [0.29, 0.717) is 16.7 Å². The second-order valence-corrected chi connectivity index (χ2v) is 4.56. The normalized spacial score (nSPS) is 17.9. The molecule has 0 amide bonds. The fourth-order valence-corrected chi connectivity index (χ4v) is 2.43. The Balaban J connectivity index is 2.24. The number of nitrogens with two attached hydrogens (primary N) is 1. The van der Waals surface area contributed by atoms with Crippen LogP contribution in [0.25, 0.3) is 0 Å². The third kappa shape index (κ3) is 2.02. The zero-order chi connectivity index (χ0) is 10.8. The fraction of sp³-hybridized carbons (Fsp3) is 0.700. The van der Waals surface area contributed by atoms with E-state index in [1.165, 1.54) is 32.1 Å². The van der Waals surface area contributed by atoms with Gasteiger partial charge in [0.1, 0.15) is 10.7 Å². The lowest BCUT2D eigenvalue weighted by Crippen LogP contribution is -2.17. The van der Waals surface area contributed by atoms with Crippen molar-refractivity contribution in [2.75, 3.05) is 0 Å². The second-order valence-electron chi connectivity index (χ2n) is 4.12. The van der Waals surface area contributed by atoms with Crippen LogP contribution in [0.2, 0.25) is 0 Å². The summed E-state index contributed by atoms with van der Waals surface area (Å²) >= 11 is 4.93. The minimum Gasteiger partial charge on any atom is -0.388 e. The van der Waals surface area contributed by atoms with Gasteiger partial charge in [-0.3, -0.25) is 0 Å². The molecule has 2 N–H and O–H groups in total. The van der Waals surface area contributed by atoms with E-state index in [1.54, 1.807) is 0 Å². The summed E-state index contributed by atoms with van der Waals surface area (Å²) in [7, 11) is 0. The maximum atomic E-state index is 5.57. The van der Waals surface area contributed by atoms with Gasteiger partial charge in [0.2, 0.25) is 0 Å². The molecule has 0 bridgehead atoms. The molecule has 0 aromatic carbocycles. The first-order chi connectivity index (χ1) is 7.20. The van der Waals surface area contributed by atoms with Gasteiger partial charge in [-0.15, -0.1) is 5.10 Å². The quantitative estimate of drug-likeness (QED) is 0.777. The molecule has 1 fully saturated rings. The molecule has 0 radical (unpaired) electrons. The monoisotopic (exact) mass is 224 g/mol. The summed E-state index contributed by atoms with van der Waals surface area (Å²) in [5.41, 5.74) is 7.26. The molecule has 0 saturated heterocycles. The third-order valence-corrected chi connectivity index (χ3v) is 3.27. The van der Waals surface area contributed by atoms with Gasteiger partial charge in [-0.05, 0) is 19.8 Å². The predicted octanol–water partition coefficient (Wildman–Crippen LogP) is 1.73. The molecule has 1 heterocycles. The van der Waals surface area contributed by atoms with Gasteiger partial charge in [0.15, 0.2) is 0 Å². The van der Waals surface area contributed by atoms with E-state index in [2.05, 4.69) is 10.3 Å². The first-order valence-electron chi connectivity index (χ1n) is 5.41. The minimum absolute atomic E-state index is 0.342. The average molecular weight is 224 g/mol. The van der Waals surface area contributed by atoms with Crippen LogP contribution in [0.15, 0.2) is 0 Å². The smallest absolute Gasteiger partial charge is 0.142 e. The van der Waals surface area contributed by atoms with Gasteiger partial charge in [-0.2, -0.15) is 0 Å². The van der Waals surface area contributed by atoms with Crippen molar-refractivity contribution in [3.05, 3.63) is 11.4 Å². The lowest BCUT2D eigenvalue weighted by molar-refractivity contribution is 0.319. The molecular formula is C10H16N4S. The maximum Gasteiger partial charge on any atom is 0.142 e. The average Bonchev–Trinajstić information content (AvgIpc) is 2.61. The molecule has 0 atom stereocenters. The highest BCUT2D eigenvalue weighted by Gasteiger charge is 2.20. The van der Waals surface area contributed by atoms with E-state index in [4.69, 9.17) is 18.0 Å². The molecule has 0 spiro atoms. The van der Waals surface area contributed by atoms with Crippen LogP contribution in [0.5, 0.6) is 0 Å². The number of hydrogen-bond acceptors (Lipinski definition) is 3. The molecule has 0 unspecified atom stereocenters. The standard InChI is InChI=1S/C10H16N4S/c1-7-9(10(11)15)12-13-14(7)8-5-3-2-4-6-8/h8H,2-6H2,1H3,(H2,11,15). The van der Waals surface area contributed by atoms with E-state index in [0.717, 1.165) is 5.69 Å². The summed E-state index contributed by atoms with van der Waals surface area (Å²) in [6, 6.07) is 0.495. The zero-order valence-electron chi connectivity index (χ0n) is 8.94. The number of hydrogen-bond donors (Lipinski definition) is 1. The van der Waals surface area contributed by atoms with E-state index in [1.807, 2.05) is 11.6 Å². The van der Waals surface area contributed by atoms with Crippen molar-refractivity contribution in [2.45, 2.75) is 45.1 Å². The van der Waals surface area contributed by atoms with Crippen LogP contribution < -0.4 is 5.73 Å². The van der Waals surface area contributed by atoms with Gasteiger partial charge in [0.05, 0.1) is 11.7 Å². The lowest BCUT2D eigenvalue weighted by Gasteiger charge is -2.22. The van der Waals surface area contributed by atoms with E-state index < -0.39 is 0 Å². The molecule has 1 aromatic heterocycles. The Morgan fingerprint density at radius 3 is 2.60 bits per heavy atom. The molecule has 1 aliphatic rings. The topological polar surface area (TPSA) is 56.7 Å². The van der Waals surface area contributed by atoms with Gasteiger partial charge in [-0.25, -0.2) is 4.68 Å². The highest BCUT2D eigenvalue weighted by molar-refractivity contribution is 7.80. The van der Waals surface area contributed by atoms with Crippen molar-refractivity contribution < 1.29 is 0 Å². The molecule has 0 aliphatic heterocycles. The van der Waals surface area contributed by atoms with Crippen LogP contribution in [0.1, 0.15) is 49.5 Å². The zero-order valence-corrected chi connectivity index (χ0v) is 9.76. The Morgan fingerprint density at radius 1 is 1.40 bits per heavy atom. The van der Waals surface area contributed by atoms with Crippen LogP contribution in [0.4, 0.5) is 0 Å². The first-order valence-corrected chi connectivity index (χ1v) is 5.82. The van der Waals surface area contributed by atoms with Crippen LogP contribution in [0.3, 0.4) is 0 Å². The second kappa shape index (κ2) is 4.26. The molecule has 4 nitrogen and oxygen atoms in total. The Bertz CT molecular complexity index is 365. The summed E-state index contributed by atoms with van der Waals surface area (Å²) in [5.74, 6) is 0. The molecule has 82 valence electrons. The molecular weight excluding hydrogens is 208 g/mol. The van der Waals surface area contributed by atoms with Crippen LogP contribution in [-0.4, -0.2) is 20.0 Å². The first kappa shape index (κ1) is 10.5. The van der Waals surface area contributed by atoms with Gasteiger partial charge in [-0.1, -0.05) is 36.7 Å². The summed E-state index contributed by atoms with van der Waals surface area (Å²) in [6.07, 6.45) is 6.30. The Labute approximate surface area is 94.8 Å². The van der Waals surface area contributed by atoms with Crippen molar-refractivity contribution in [2.24, 2.45) is 5.73 Å². The number of nitrogens with zero attached hydrogens (tertiary/aromatic N) is 3. The fourth-order valence-electron chi connectivity index (χ4n) is 2.24. The van der Waals surface area contributed by atoms with E-state index in [-0.39, 0.29) is 0 Å². The van der Waals surface area contributed by atoms with Gasteiger partial charge >= 0.3 is 0 Å². The van der Waals surface area contributed by atoms with E-state index >= 15 is 0 Å². The largest absolute Gasteiger partial charge is 0.388 e. The molecule has 15 heavy (non-hydrogen) atoms. The van der Waals surface area contributed by atoms with Crippen molar-refractivity contribution in [3.63, 3.8) is 0 Å². The highest BCUT2D eigenvalue weighted by Crippen LogP contribution is 2.28. The van der Waals surface area contributed by atoms with Crippen LogP contribution in [-0.2, 0) is 0 Å². The van der Waals surface area contributed by atoms with Gasteiger partial charge < -0.3 is 5.73 Å². The van der Waals surface area contributed by atoms with Crippen molar-refractivity contribution in [1.29, 1.82) is 0 Å². The minimum atomic E-state index is 0.342. The number of rotatable bonds is 2. The van der Waals surface area contributed by atoms with Crippen molar-refractivity contribution in [1.82, 2.24) is 15.0 Å². The maximum absolute atomic E-state index is 5.57. The van der Waals surface area contributed by atoms with Crippen LogP contribution in [0, 0.1) is 6.92 Å². The predicted molar refractivity (Wildman–Crippen MR) is 62.8 cm³/mol. The van der Waals surface area contributed by atoms with Gasteiger partial charge in [0, 0.05) is 0 Å². The highest BCUT2D eigenvalue weighted by atomic mass is 32.1.